The van der Waals surface area contributed by atoms with Crippen molar-refractivity contribution in [3.05, 3.63) is 54.1 Å². The normalized spacial score (nSPS) is 14.5. The van der Waals surface area contributed by atoms with Crippen LogP contribution in [0.25, 0.3) is 22.4 Å². The molecule has 0 N–H and O–H groups in total. The van der Waals surface area contributed by atoms with Gasteiger partial charge in [-0.05, 0) is 37.5 Å². The summed E-state index contributed by atoms with van der Waals surface area (Å²) in [7, 11) is 0. The van der Waals surface area contributed by atoms with E-state index in [-0.39, 0.29) is 5.91 Å². The Labute approximate surface area is 141 Å². The third kappa shape index (κ3) is 2.58. The SMILES string of the molecule is Cc1ccccc1-c1nc2ccccc2n1CC(=O)N1CCCC1. The standard InChI is InChI=1S/C20H21N3O/c1-15-8-2-3-9-16(15)20-21-17-10-4-5-11-18(17)23(20)14-19(24)22-12-6-7-13-22/h2-5,8-11H,6-7,12-14H2,1H3. The lowest BCUT2D eigenvalue weighted by Crippen LogP contribution is -2.31. The summed E-state index contributed by atoms with van der Waals surface area (Å²) in [5.41, 5.74) is 4.21. The van der Waals surface area contributed by atoms with Gasteiger partial charge in [-0.1, -0.05) is 36.4 Å². The Balaban J connectivity index is 1.81. The Morgan fingerprint density at radius 1 is 1.04 bits per heavy atom. The summed E-state index contributed by atoms with van der Waals surface area (Å²) in [5.74, 6) is 1.06. The van der Waals surface area contributed by atoms with E-state index in [1.54, 1.807) is 0 Å². The minimum atomic E-state index is 0.186. The number of fused-ring (bicyclic) bond motifs is 1. The first-order valence-corrected chi connectivity index (χ1v) is 8.53. The number of imidazole rings is 1. The van der Waals surface area contributed by atoms with E-state index in [0.717, 1.165) is 48.4 Å². The zero-order valence-corrected chi connectivity index (χ0v) is 13.9. The number of likely N-dealkylation sites (tertiary alicyclic amines) is 1. The quantitative estimate of drug-likeness (QED) is 0.739. The highest BCUT2D eigenvalue weighted by Gasteiger charge is 2.21. The van der Waals surface area contributed by atoms with Crippen molar-refractivity contribution in [1.82, 2.24) is 14.5 Å². The number of aryl methyl sites for hydroxylation is 1. The van der Waals surface area contributed by atoms with Crippen molar-refractivity contribution < 1.29 is 4.79 Å². The van der Waals surface area contributed by atoms with Crippen LogP contribution >= 0.6 is 0 Å². The van der Waals surface area contributed by atoms with Gasteiger partial charge in [-0.25, -0.2) is 4.98 Å². The van der Waals surface area contributed by atoms with Gasteiger partial charge in [0.15, 0.2) is 0 Å². The molecule has 1 aliphatic rings. The lowest BCUT2D eigenvalue weighted by molar-refractivity contribution is -0.130. The summed E-state index contributed by atoms with van der Waals surface area (Å²) in [6, 6.07) is 16.3. The van der Waals surface area contributed by atoms with E-state index in [0.29, 0.717) is 6.54 Å². The molecule has 122 valence electrons. The van der Waals surface area contributed by atoms with Gasteiger partial charge in [0.05, 0.1) is 11.0 Å². The van der Waals surface area contributed by atoms with E-state index in [1.165, 1.54) is 5.56 Å². The molecule has 1 fully saturated rings. The van der Waals surface area contributed by atoms with Gasteiger partial charge in [-0.3, -0.25) is 4.79 Å². The fraction of sp³-hybridized carbons (Fsp3) is 0.300. The molecule has 1 aromatic heterocycles. The van der Waals surface area contributed by atoms with E-state index < -0.39 is 0 Å². The van der Waals surface area contributed by atoms with Crippen molar-refractivity contribution in [1.29, 1.82) is 0 Å². The Hall–Kier alpha value is -2.62. The number of benzene rings is 2. The fourth-order valence-corrected chi connectivity index (χ4v) is 3.47. The first-order chi connectivity index (χ1) is 11.7. The van der Waals surface area contributed by atoms with Crippen LogP contribution in [0.3, 0.4) is 0 Å². The van der Waals surface area contributed by atoms with Crippen LogP contribution in [-0.2, 0) is 11.3 Å². The van der Waals surface area contributed by atoms with Gasteiger partial charge in [0, 0.05) is 18.7 Å². The van der Waals surface area contributed by atoms with Gasteiger partial charge in [0.25, 0.3) is 0 Å². The maximum absolute atomic E-state index is 12.7. The molecule has 1 amide bonds. The molecule has 4 nitrogen and oxygen atoms in total. The number of aromatic nitrogens is 2. The zero-order chi connectivity index (χ0) is 16.5. The van der Waals surface area contributed by atoms with E-state index >= 15 is 0 Å². The number of carbonyl (C=O) groups is 1. The molecule has 0 radical (unpaired) electrons. The molecule has 2 heterocycles. The topological polar surface area (TPSA) is 38.1 Å². The Bertz CT molecular complexity index is 891. The van der Waals surface area contributed by atoms with Crippen molar-refractivity contribution in [2.24, 2.45) is 0 Å². The molecule has 1 aliphatic heterocycles. The molecule has 4 rings (SSSR count). The Morgan fingerprint density at radius 3 is 2.54 bits per heavy atom. The molecule has 0 unspecified atom stereocenters. The zero-order valence-electron chi connectivity index (χ0n) is 13.9. The monoisotopic (exact) mass is 319 g/mol. The summed E-state index contributed by atoms with van der Waals surface area (Å²) in [6.07, 6.45) is 2.22. The van der Waals surface area contributed by atoms with Crippen LogP contribution in [0.1, 0.15) is 18.4 Å². The van der Waals surface area contributed by atoms with Gasteiger partial charge < -0.3 is 9.47 Å². The summed E-state index contributed by atoms with van der Waals surface area (Å²) in [6.45, 7) is 4.20. The predicted octanol–water partition coefficient (Wildman–Crippen LogP) is 3.63. The summed E-state index contributed by atoms with van der Waals surface area (Å²) >= 11 is 0. The lowest BCUT2D eigenvalue weighted by atomic mass is 10.1. The molecular weight excluding hydrogens is 298 g/mol. The fourth-order valence-electron chi connectivity index (χ4n) is 3.47. The molecule has 4 heteroatoms. The highest BCUT2D eigenvalue weighted by Crippen LogP contribution is 2.27. The van der Waals surface area contributed by atoms with Crippen LogP contribution < -0.4 is 0 Å². The predicted molar refractivity (Wildman–Crippen MR) is 95.7 cm³/mol. The van der Waals surface area contributed by atoms with Crippen LogP contribution in [0.2, 0.25) is 0 Å². The maximum Gasteiger partial charge on any atom is 0.242 e. The highest BCUT2D eigenvalue weighted by atomic mass is 16.2. The lowest BCUT2D eigenvalue weighted by Gasteiger charge is -2.17. The average molecular weight is 319 g/mol. The van der Waals surface area contributed by atoms with Crippen molar-refractivity contribution in [2.45, 2.75) is 26.3 Å². The first kappa shape index (κ1) is 14.9. The van der Waals surface area contributed by atoms with Crippen molar-refractivity contribution >= 4 is 16.9 Å². The second-order valence-electron chi connectivity index (χ2n) is 6.41. The van der Waals surface area contributed by atoms with Crippen LogP contribution in [0, 0.1) is 6.92 Å². The molecule has 1 saturated heterocycles. The smallest absolute Gasteiger partial charge is 0.242 e. The molecule has 0 saturated carbocycles. The van der Waals surface area contributed by atoms with Crippen LogP contribution in [0.4, 0.5) is 0 Å². The highest BCUT2D eigenvalue weighted by molar-refractivity contribution is 5.85. The Morgan fingerprint density at radius 2 is 1.75 bits per heavy atom. The van der Waals surface area contributed by atoms with E-state index in [9.17, 15) is 4.79 Å². The molecule has 3 aromatic rings. The van der Waals surface area contributed by atoms with Crippen LogP contribution in [-0.4, -0.2) is 33.4 Å². The molecule has 0 bridgehead atoms. The number of amides is 1. The van der Waals surface area contributed by atoms with E-state index in [2.05, 4.69) is 23.6 Å². The van der Waals surface area contributed by atoms with Gasteiger partial charge in [-0.2, -0.15) is 0 Å². The maximum atomic E-state index is 12.7. The number of carbonyl (C=O) groups excluding carboxylic acids is 1. The molecule has 24 heavy (non-hydrogen) atoms. The Kier molecular flexibility index (Phi) is 3.81. The minimum Gasteiger partial charge on any atom is -0.341 e. The van der Waals surface area contributed by atoms with Crippen molar-refractivity contribution in [3.8, 4) is 11.4 Å². The summed E-state index contributed by atoms with van der Waals surface area (Å²) < 4.78 is 2.07. The second-order valence-corrected chi connectivity index (χ2v) is 6.41. The summed E-state index contributed by atoms with van der Waals surface area (Å²) in [4.78, 5) is 19.5. The second kappa shape index (κ2) is 6.11. The van der Waals surface area contributed by atoms with Gasteiger partial charge in [0.2, 0.25) is 5.91 Å². The van der Waals surface area contributed by atoms with Crippen LogP contribution in [0.5, 0.6) is 0 Å². The number of nitrogens with zero attached hydrogens (tertiary/aromatic N) is 3. The number of hydrogen-bond donors (Lipinski definition) is 0. The largest absolute Gasteiger partial charge is 0.341 e. The third-order valence-corrected chi connectivity index (χ3v) is 4.79. The first-order valence-electron chi connectivity index (χ1n) is 8.53. The van der Waals surface area contributed by atoms with Gasteiger partial charge in [0.1, 0.15) is 12.4 Å². The van der Waals surface area contributed by atoms with Crippen molar-refractivity contribution in [2.75, 3.05) is 13.1 Å². The minimum absolute atomic E-state index is 0.186. The molecule has 0 spiro atoms. The van der Waals surface area contributed by atoms with Crippen molar-refractivity contribution in [3.63, 3.8) is 0 Å². The van der Waals surface area contributed by atoms with E-state index in [1.807, 2.05) is 41.3 Å². The molecule has 2 aromatic carbocycles. The van der Waals surface area contributed by atoms with E-state index in [4.69, 9.17) is 4.98 Å². The number of rotatable bonds is 3. The van der Waals surface area contributed by atoms with Gasteiger partial charge >= 0.3 is 0 Å². The summed E-state index contributed by atoms with van der Waals surface area (Å²) in [5, 5.41) is 0. The average Bonchev–Trinajstić information content (AvgIpc) is 3.24. The number of para-hydroxylation sites is 2. The van der Waals surface area contributed by atoms with Gasteiger partial charge in [-0.15, -0.1) is 0 Å². The third-order valence-electron chi connectivity index (χ3n) is 4.79. The molecular formula is C20H21N3O. The molecule has 0 aliphatic carbocycles. The number of hydrogen-bond acceptors (Lipinski definition) is 2. The van der Waals surface area contributed by atoms with Crippen LogP contribution in [0.15, 0.2) is 48.5 Å². The molecule has 0 atom stereocenters.